The van der Waals surface area contributed by atoms with Crippen LogP contribution < -0.4 is 0 Å². The number of rotatable bonds is 1. The summed E-state index contributed by atoms with van der Waals surface area (Å²) in [7, 11) is 0. The molecule has 17 heavy (non-hydrogen) atoms. The van der Waals surface area contributed by atoms with Gasteiger partial charge >= 0.3 is 6.18 Å². The molecule has 2 nitrogen and oxygen atoms in total. The highest BCUT2D eigenvalue weighted by molar-refractivity contribution is 5.95. The fourth-order valence-electron chi connectivity index (χ4n) is 1.42. The molecule has 0 radical (unpaired) electrons. The van der Waals surface area contributed by atoms with Gasteiger partial charge in [-0.25, -0.2) is 4.99 Å². The summed E-state index contributed by atoms with van der Waals surface area (Å²) in [4.78, 5) is 4.02. The van der Waals surface area contributed by atoms with Crippen molar-refractivity contribution < 1.29 is 17.9 Å². The second-order valence-corrected chi connectivity index (χ2v) is 3.49. The van der Waals surface area contributed by atoms with E-state index in [9.17, 15) is 13.2 Å². The maximum atomic E-state index is 12.3. The molecule has 0 fully saturated rings. The topological polar surface area (TPSA) is 21.6 Å². The maximum Gasteiger partial charge on any atom is 0.416 e. The van der Waals surface area contributed by atoms with Crippen LogP contribution in [0.25, 0.3) is 0 Å². The number of hydrogen-bond donors (Lipinski definition) is 0. The van der Waals surface area contributed by atoms with Crippen LogP contribution in [0, 0.1) is 12.3 Å². The Morgan fingerprint density at radius 2 is 1.94 bits per heavy atom. The standard InChI is InChI=1S/C12H8F3NO/c1-2-10-7-16-11(17-10)8-3-5-9(6-4-8)12(13,14)15/h1,3-6,10H,7H2/t10-/m1/s1. The Bertz CT molecular complexity index is 482. The lowest BCUT2D eigenvalue weighted by atomic mass is 10.1. The molecule has 0 N–H and O–H groups in total. The zero-order valence-electron chi connectivity index (χ0n) is 8.66. The largest absolute Gasteiger partial charge is 0.459 e. The van der Waals surface area contributed by atoms with Crippen molar-refractivity contribution in [3.05, 3.63) is 35.4 Å². The lowest BCUT2D eigenvalue weighted by Crippen LogP contribution is -2.11. The summed E-state index contributed by atoms with van der Waals surface area (Å²) in [6.45, 7) is 0.340. The fourth-order valence-corrected chi connectivity index (χ4v) is 1.42. The summed E-state index contributed by atoms with van der Waals surface area (Å²) >= 11 is 0. The predicted octanol–water partition coefficient (Wildman–Crippen LogP) is 2.48. The molecule has 1 atom stereocenters. The number of hydrogen-bond acceptors (Lipinski definition) is 2. The Hall–Kier alpha value is -1.96. The summed E-state index contributed by atoms with van der Waals surface area (Å²) in [5, 5.41) is 0. The molecular formula is C12H8F3NO. The third-order valence-electron chi connectivity index (χ3n) is 2.30. The third-order valence-corrected chi connectivity index (χ3v) is 2.30. The van der Waals surface area contributed by atoms with Crippen LogP contribution in [0.1, 0.15) is 11.1 Å². The first kappa shape index (κ1) is 11.5. The number of ether oxygens (including phenoxy) is 1. The van der Waals surface area contributed by atoms with Crippen molar-refractivity contribution in [1.29, 1.82) is 0 Å². The molecule has 1 aromatic rings. The lowest BCUT2D eigenvalue weighted by molar-refractivity contribution is -0.137. The SMILES string of the molecule is C#C[C@@H]1CN=C(c2ccc(C(F)(F)F)cc2)O1. The Balaban J connectivity index is 2.18. The summed E-state index contributed by atoms with van der Waals surface area (Å²) < 4.78 is 42.2. The van der Waals surface area contributed by atoms with Crippen LogP contribution in [-0.4, -0.2) is 18.5 Å². The highest BCUT2D eigenvalue weighted by atomic mass is 19.4. The van der Waals surface area contributed by atoms with Crippen LogP contribution in [0.4, 0.5) is 13.2 Å². The molecule has 0 saturated heterocycles. The number of aliphatic imine (C=N–C) groups is 1. The van der Waals surface area contributed by atoms with Crippen LogP contribution in [0.2, 0.25) is 0 Å². The summed E-state index contributed by atoms with van der Waals surface area (Å²) in [6.07, 6.45) is 0.399. The molecule has 1 heterocycles. The first-order chi connectivity index (χ1) is 8.00. The van der Waals surface area contributed by atoms with Gasteiger partial charge < -0.3 is 4.74 Å². The summed E-state index contributed by atoms with van der Waals surface area (Å²) in [5.41, 5.74) is -0.205. The van der Waals surface area contributed by atoms with Gasteiger partial charge in [0.1, 0.15) is 0 Å². The smallest absolute Gasteiger partial charge is 0.416 e. The molecule has 5 heteroatoms. The normalized spacial score (nSPS) is 19.4. The van der Waals surface area contributed by atoms with Gasteiger partial charge in [-0.3, -0.25) is 0 Å². The fraction of sp³-hybridized carbons (Fsp3) is 0.250. The Morgan fingerprint density at radius 1 is 1.29 bits per heavy atom. The molecule has 0 amide bonds. The van der Waals surface area contributed by atoms with E-state index in [0.29, 0.717) is 18.0 Å². The second-order valence-electron chi connectivity index (χ2n) is 3.49. The van der Waals surface area contributed by atoms with E-state index in [1.54, 1.807) is 0 Å². The van der Waals surface area contributed by atoms with E-state index in [-0.39, 0.29) is 0 Å². The molecule has 0 aromatic heterocycles. The van der Waals surface area contributed by atoms with Crippen molar-refractivity contribution in [3.63, 3.8) is 0 Å². The minimum absolute atomic E-state index is 0.293. The molecule has 2 rings (SSSR count). The molecule has 0 bridgehead atoms. The van der Waals surface area contributed by atoms with E-state index in [0.717, 1.165) is 12.1 Å². The van der Waals surface area contributed by atoms with Gasteiger partial charge in [0, 0.05) is 5.56 Å². The van der Waals surface area contributed by atoms with Crippen molar-refractivity contribution in [1.82, 2.24) is 0 Å². The molecule has 0 spiro atoms. The van der Waals surface area contributed by atoms with Gasteiger partial charge in [-0.05, 0) is 24.3 Å². The average molecular weight is 239 g/mol. The van der Waals surface area contributed by atoms with E-state index >= 15 is 0 Å². The van der Waals surface area contributed by atoms with Crippen molar-refractivity contribution in [3.8, 4) is 12.3 Å². The zero-order chi connectivity index (χ0) is 12.5. The van der Waals surface area contributed by atoms with E-state index in [1.807, 2.05) is 0 Å². The highest BCUT2D eigenvalue weighted by Gasteiger charge is 2.30. The third kappa shape index (κ3) is 2.41. The second kappa shape index (κ2) is 4.13. The molecule has 1 aromatic carbocycles. The zero-order valence-corrected chi connectivity index (χ0v) is 8.66. The number of alkyl halides is 3. The van der Waals surface area contributed by atoms with Gasteiger partial charge in [0.25, 0.3) is 0 Å². The van der Waals surface area contributed by atoms with E-state index in [2.05, 4.69) is 10.9 Å². The van der Waals surface area contributed by atoms with E-state index in [1.165, 1.54) is 12.1 Å². The van der Waals surface area contributed by atoms with E-state index in [4.69, 9.17) is 11.2 Å². The van der Waals surface area contributed by atoms with Crippen LogP contribution in [-0.2, 0) is 10.9 Å². The summed E-state index contributed by atoms with van der Waals surface area (Å²) in [6, 6.07) is 4.62. The quantitative estimate of drug-likeness (QED) is 0.690. The van der Waals surface area contributed by atoms with Crippen molar-refractivity contribution in [2.45, 2.75) is 12.3 Å². The molecule has 0 aliphatic carbocycles. The minimum Gasteiger partial charge on any atom is -0.459 e. The Morgan fingerprint density at radius 3 is 2.41 bits per heavy atom. The molecule has 0 unspecified atom stereocenters. The number of terminal acetylenes is 1. The van der Waals surface area contributed by atoms with Crippen LogP contribution >= 0.6 is 0 Å². The molecule has 1 aliphatic heterocycles. The maximum absolute atomic E-state index is 12.3. The van der Waals surface area contributed by atoms with Crippen molar-refractivity contribution >= 4 is 5.90 Å². The molecule has 88 valence electrons. The number of nitrogens with zero attached hydrogens (tertiary/aromatic N) is 1. The molecular weight excluding hydrogens is 231 g/mol. The van der Waals surface area contributed by atoms with Gasteiger partial charge in [0.15, 0.2) is 6.10 Å². The van der Waals surface area contributed by atoms with E-state index < -0.39 is 17.8 Å². The average Bonchev–Trinajstić information content (AvgIpc) is 2.76. The predicted molar refractivity (Wildman–Crippen MR) is 56.6 cm³/mol. The minimum atomic E-state index is -4.34. The van der Waals surface area contributed by atoms with Gasteiger partial charge in [0.05, 0.1) is 12.1 Å². The van der Waals surface area contributed by atoms with Crippen LogP contribution in [0.5, 0.6) is 0 Å². The Kier molecular flexibility index (Phi) is 2.80. The van der Waals surface area contributed by atoms with Gasteiger partial charge in [0.2, 0.25) is 5.90 Å². The van der Waals surface area contributed by atoms with Gasteiger partial charge in [-0.1, -0.05) is 5.92 Å². The Labute approximate surface area is 96.1 Å². The monoisotopic (exact) mass is 239 g/mol. The first-order valence-corrected chi connectivity index (χ1v) is 4.85. The highest BCUT2D eigenvalue weighted by Crippen LogP contribution is 2.29. The lowest BCUT2D eigenvalue weighted by Gasteiger charge is -2.08. The van der Waals surface area contributed by atoms with Crippen LogP contribution in [0.3, 0.4) is 0 Å². The summed E-state index contributed by atoms with van der Waals surface area (Å²) in [5.74, 6) is 2.68. The number of halogens is 3. The van der Waals surface area contributed by atoms with Crippen molar-refractivity contribution in [2.24, 2.45) is 4.99 Å². The van der Waals surface area contributed by atoms with Gasteiger partial charge in [-0.15, -0.1) is 6.42 Å². The number of benzene rings is 1. The molecule has 0 saturated carbocycles. The first-order valence-electron chi connectivity index (χ1n) is 4.85. The van der Waals surface area contributed by atoms with Gasteiger partial charge in [-0.2, -0.15) is 13.2 Å². The van der Waals surface area contributed by atoms with Crippen LogP contribution in [0.15, 0.2) is 29.3 Å². The molecule has 1 aliphatic rings. The van der Waals surface area contributed by atoms with Crippen molar-refractivity contribution in [2.75, 3.05) is 6.54 Å².